The summed E-state index contributed by atoms with van der Waals surface area (Å²) in [6.45, 7) is 1.99. The molecule has 1 atom stereocenters. The van der Waals surface area contributed by atoms with Crippen LogP contribution in [-0.2, 0) is 4.52 Å². The van der Waals surface area contributed by atoms with Gasteiger partial charge in [0.15, 0.2) is 0 Å². The molecule has 0 heterocycles. The van der Waals surface area contributed by atoms with E-state index in [1.54, 1.807) is 39.5 Å². The monoisotopic (exact) mass is 300 g/mol. The largest absolute Gasteiger partial charge is 0.497 e. The van der Waals surface area contributed by atoms with Crippen molar-refractivity contribution in [1.82, 2.24) is 10.2 Å². The van der Waals surface area contributed by atoms with E-state index in [1.807, 2.05) is 6.92 Å². The lowest BCUT2D eigenvalue weighted by molar-refractivity contribution is 0.0758. The molecular formula is C13H21N2O4P. The van der Waals surface area contributed by atoms with E-state index >= 15 is 0 Å². The maximum absolute atomic E-state index is 12.4. The third kappa shape index (κ3) is 4.07. The predicted octanol–water partition coefficient (Wildman–Crippen LogP) is 2.26. The van der Waals surface area contributed by atoms with Crippen molar-refractivity contribution in [2.75, 3.05) is 34.5 Å². The molecule has 0 aromatic heterocycles. The van der Waals surface area contributed by atoms with Crippen molar-refractivity contribution < 1.29 is 18.8 Å². The number of methoxy groups -OCH3 is 2. The molecule has 6 nitrogen and oxygen atoms in total. The van der Waals surface area contributed by atoms with Gasteiger partial charge in [0.1, 0.15) is 19.8 Å². The molecule has 0 aliphatic carbocycles. The van der Waals surface area contributed by atoms with E-state index in [2.05, 4.69) is 5.20 Å². The van der Waals surface area contributed by atoms with Gasteiger partial charge in [-0.05, 0) is 18.2 Å². The van der Waals surface area contributed by atoms with Crippen LogP contribution in [0.1, 0.15) is 17.3 Å². The zero-order chi connectivity index (χ0) is 15.1. The van der Waals surface area contributed by atoms with E-state index in [9.17, 15) is 4.79 Å². The fourth-order valence-corrected chi connectivity index (χ4v) is 2.52. The van der Waals surface area contributed by atoms with Gasteiger partial charge in [0, 0.05) is 20.3 Å². The normalized spacial score (nSPS) is 11.8. The summed E-state index contributed by atoms with van der Waals surface area (Å²) in [6.07, 6.45) is 0.804. The highest BCUT2D eigenvalue weighted by Crippen LogP contribution is 2.31. The van der Waals surface area contributed by atoms with E-state index in [1.165, 1.54) is 12.1 Å². The smallest absolute Gasteiger partial charge is 0.271 e. The Balaban J connectivity index is 2.94. The summed E-state index contributed by atoms with van der Waals surface area (Å²) in [7, 11) is 5.50. The Labute approximate surface area is 120 Å². The molecule has 20 heavy (non-hydrogen) atoms. The van der Waals surface area contributed by atoms with Crippen LogP contribution < -0.4 is 14.7 Å². The second-order valence-corrected chi connectivity index (χ2v) is 5.86. The molecule has 1 rings (SSSR count). The Morgan fingerprint density at radius 1 is 1.30 bits per heavy atom. The third-order valence-corrected chi connectivity index (χ3v) is 4.25. The maximum Gasteiger partial charge on any atom is 0.271 e. The minimum absolute atomic E-state index is 0.209. The number of carbonyl (C=O) groups is 1. The molecule has 1 aromatic rings. The first-order valence-corrected chi connectivity index (χ1v) is 7.59. The van der Waals surface area contributed by atoms with Gasteiger partial charge in [0.2, 0.25) is 0 Å². The number of carbonyl (C=O) groups excluding carboxylic acids is 1. The van der Waals surface area contributed by atoms with Crippen LogP contribution in [0.3, 0.4) is 0 Å². The van der Waals surface area contributed by atoms with E-state index in [-0.39, 0.29) is 5.91 Å². The number of nitrogens with one attached hydrogen (secondary N) is 1. The van der Waals surface area contributed by atoms with Crippen LogP contribution in [0.5, 0.6) is 11.5 Å². The fraction of sp³-hybridized carbons (Fsp3) is 0.462. The number of hydrazine groups is 1. The SMILES string of the molecule is CCP(NN(C)C(=O)c1cc(OC)ccc1OC)OC. The lowest BCUT2D eigenvalue weighted by Gasteiger charge is -2.24. The van der Waals surface area contributed by atoms with E-state index < -0.39 is 8.30 Å². The van der Waals surface area contributed by atoms with Crippen molar-refractivity contribution in [2.45, 2.75) is 6.92 Å². The fourth-order valence-electron chi connectivity index (χ4n) is 1.62. The molecular weight excluding hydrogens is 279 g/mol. The van der Waals surface area contributed by atoms with E-state index in [0.717, 1.165) is 6.16 Å². The highest BCUT2D eigenvalue weighted by atomic mass is 31.2. The molecule has 0 aliphatic rings. The number of hydrogen-bond donors (Lipinski definition) is 1. The Kier molecular flexibility index (Phi) is 6.71. The van der Waals surface area contributed by atoms with Crippen LogP contribution in [0.25, 0.3) is 0 Å². The first-order chi connectivity index (χ1) is 9.57. The molecule has 0 saturated carbocycles. The summed E-state index contributed by atoms with van der Waals surface area (Å²) in [5, 5.41) is 4.45. The second-order valence-electron chi connectivity index (χ2n) is 3.91. The third-order valence-electron chi connectivity index (χ3n) is 2.71. The first-order valence-electron chi connectivity index (χ1n) is 6.15. The lowest BCUT2D eigenvalue weighted by Crippen LogP contribution is -2.37. The van der Waals surface area contributed by atoms with Crippen LogP contribution in [0.15, 0.2) is 18.2 Å². The summed E-state index contributed by atoms with van der Waals surface area (Å²) in [4.78, 5) is 12.4. The summed E-state index contributed by atoms with van der Waals surface area (Å²) >= 11 is 0. The van der Waals surface area contributed by atoms with Gasteiger partial charge in [-0.2, -0.15) is 5.20 Å². The van der Waals surface area contributed by atoms with Gasteiger partial charge in [0.05, 0.1) is 19.8 Å². The summed E-state index contributed by atoms with van der Waals surface area (Å²) in [5.41, 5.74) is 0.434. The highest BCUT2D eigenvalue weighted by molar-refractivity contribution is 7.50. The Bertz CT molecular complexity index is 452. The molecule has 7 heteroatoms. The van der Waals surface area contributed by atoms with Gasteiger partial charge in [-0.25, -0.2) is 0 Å². The molecule has 0 aliphatic heterocycles. The minimum atomic E-state index is -0.861. The molecule has 0 fully saturated rings. The quantitative estimate of drug-likeness (QED) is 0.618. The van der Waals surface area contributed by atoms with Crippen molar-refractivity contribution in [3.05, 3.63) is 23.8 Å². The van der Waals surface area contributed by atoms with E-state index in [0.29, 0.717) is 17.1 Å². The first kappa shape index (κ1) is 16.7. The predicted molar refractivity (Wildman–Crippen MR) is 79.2 cm³/mol. The molecule has 0 spiro atoms. The number of hydrogen-bond acceptors (Lipinski definition) is 5. The van der Waals surface area contributed by atoms with Crippen LogP contribution in [0, 0.1) is 0 Å². The van der Waals surface area contributed by atoms with Gasteiger partial charge in [-0.15, -0.1) is 0 Å². The summed E-state index contributed by atoms with van der Waals surface area (Å²) in [6, 6.07) is 5.11. The molecule has 1 amide bonds. The van der Waals surface area contributed by atoms with Crippen LogP contribution in [0.4, 0.5) is 0 Å². The Morgan fingerprint density at radius 3 is 2.50 bits per heavy atom. The van der Waals surface area contributed by atoms with Gasteiger partial charge in [0.25, 0.3) is 5.91 Å². The molecule has 0 bridgehead atoms. The number of nitrogens with zero attached hydrogens (tertiary/aromatic N) is 1. The number of rotatable bonds is 7. The zero-order valence-corrected chi connectivity index (χ0v) is 13.4. The standard InChI is InChI=1S/C13H21N2O4P/c1-6-20(19-5)14-15(2)13(16)11-9-10(17-3)7-8-12(11)18-4/h7-9,14H,6H2,1-5H3. The van der Waals surface area contributed by atoms with Crippen molar-refractivity contribution in [3.8, 4) is 11.5 Å². The van der Waals surface area contributed by atoms with Crippen LogP contribution in [0.2, 0.25) is 0 Å². The molecule has 1 unspecified atom stereocenters. The van der Waals surface area contributed by atoms with Gasteiger partial charge < -0.3 is 14.0 Å². The zero-order valence-electron chi connectivity index (χ0n) is 12.5. The van der Waals surface area contributed by atoms with Crippen molar-refractivity contribution in [2.24, 2.45) is 0 Å². The summed E-state index contributed by atoms with van der Waals surface area (Å²) < 4.78 is 15.6. The molecule has 0 radical (unpaired) electrons. The molecule has 0 saturated heterocycles. The molecule has 1 N–H and O–H groups in total. The summed E-state index contributed by atoms with van der Waals surface area (Å²) in [5.74, 6) is 0.897. The average Bonchev–Trinajstić information content (AvgIpc) is 2.50. The highest BCUT2D eigenvalue weighted by Gasteiger charge is 2.19. The Morgan fingerprint density at radius 2 is 2.00 bits per heavy atom. The van der Waals surface area contributed by atoms with Crippen LogP contribution >= 0.6 is 8.30 Å². The molecule has 112 valence electrons. The number of ether oxygens (including phenoxy) is 2. The topological polar surface area (TPSA) is 60.0 Å². The molecule has 1 aromatic carbocycles. The maximum atomic E-state index is 12.4. The van der Waals surface area contributed by atoms with Crippen LogP contribution in [-0.4, -0.2) is 45.5 Å². The second kappa shape index (κ2) is 8.04. The number of amides is 1. The van der Waals surface area contributed by atoms with Gasteiger partial charge in [-0.3, -0.25) is 9.80 Å². The van der Waals surface area contributed by atoms with Crippen molar-refractivity contribution in [3.63, 3.8) is 0 Å². The van der Waals surface area contributed by atoms with Crippen molar-refractivity contribution >= 4 is 14.2 Å². The number of benzene rings is 1. The van der Waals surface area contributed by atoms with E-state index in [4.69, 9.17) is 14.0 Å². The van der Waals surface area contributed by atoms with Gasteiger partial charge in [-0.1, -0.05) is 6.92 Å². The van der Waals surface area contributed by atoms with Gasteiger partial charge >= 0.3 is 0 Å². The van der Waals surface area contributed by atoms with Crippen molar-refractivity contribution in [1.29, 1.82) is 0 Å². The minimum Gasteiger partial charge on any atom is -0.497 e. The average molecular weight is 300 g/mol. The Hall–Kier alpha value is -1.36. The lowest BCUT2D eigenvalue weighted by atomic mass is 10.1.